The molecule has 1 unspecified atom stereocenters. The third-order valence-electron chi connectivity index (χ3n) is 5.38. The Labute approximate surface area is 189 Å². The number of ether oxygens (including phenoxy) is 2. The van der Waals surface area contributed by atoms with E-state index in [1.54, 1.807) is 26.0 Å². The molecule has 0 aliphatic heterocycles. The molecule has 0 amide bonds. The zero-order valence-electron chi connectivity index (χ0n) is 19.9. The molecule has 0 saturated carbocycles. The van der Waals surface area contributed by atoms with Gasteiger partial charge in [-0.15, -0.1) is 0 Å². The van der Waals surface area contributed by atoms with Crippen molar-refractivity contribution in [2.45, 2.75) is 91.4 Å². The maximum Gasteiger partial charge on any atom is 0.338 e. The molecule has 0 bridgehead atoms. The van der Waals surface area contributed by atoms with Crippen LogP contribution >= 0.6 is 0 Å². The predicted octanol–water partition coefficient (Wildman–Crippen LogP) is 6.77. The van der Waals surface area contributed by atoms with Gasteiger partial charge in [0.25, 0.3) is 0 Å². The third-order valence-corrected chi connectivity index (χ3v) is 5.38. The van der Waals surface area contributed by atoms with Crippen LogP contribution in [0.3, 0.4) is 0 Å². The first-order valence-electron chi connectivity index (χ1n) is 12.3. The van der Waals surface area contributed by atoms with Gasteiger partial charge in [0.15, 0.2) is 0 Å². The highest BCUT2D eigenvalue weighted by molar-refractivity contribution is 5.90. The molecule has 5 heteroatoms. The summed E-state index contributed by atoms with van der Waals surface area (Å²) in [6.45, 7) is 6.99. The van der Waals surface area contributed by atoms with E-state index in [0.29, 0.717) is 12.2 Å². The van der Waals surface area contributed by atoms with Crippen LogP contribution in [0.25, 0.3) is 0 Å². The fourth-order valence-electron chi connectivity index (χ4n) is 3.38. The lowest BCUT2D eigenvalue weighted by molar-refractivity contribution is -0.148. The second-order valence-electron chi connectivity index (χ2n) is 8.29. The standard InChI is InChI=1S/C26H43NO4/c1-4-6-7-8-9-10-11-12-13-14-15-20-27-24-18-16-23(17-19-24)26(29)31-21-22(3)25(28)30-5-2/h16-19,22,27H,4-15,20-21H2,1-3H3. The number of carbonyl (C=O) groups is 2. The van der Waals surface area contributed by atoms with Gasteiger partial charge in [0.1, 0.15) is 6.61 Å². The maximum absolute atomic E-state index is 12.1. The van der Waals surface area contributed by atoms with Gasteiger partial charge < -0.3 is 14.8 Å². The van der Waals surface area contributed by atoms with Crippen molar-refractivity contribution in [2.24, 2.45) is 5.92 Å². The first-order valence-corrected chi connectivity index (χ1v) is 12.3. The van der Waals surface area contributed by atoms with E-state index in [-0.39, 0.29) is 12.6 Å². The summed E-state index contributed by atoms with van der Waals surface area (Å²) in [5, 5.41) is 3.41. The van der Waals surface area contributed by atoms with E-state index in [9.17, 15) is 9.59 Å². The Hall–Kier alpha value is -2.04. The SMILES string of the molecule is CCCCCCCCCCCCCNc1ccc(C(=O)OCC(C)C(=O)OCC)cc1. The average molecular weight is 434 g/mol. The number of unbranched alkanes of at least 4 members (excludes halogenated alkanes) is 10. The Bertz CT molecular complexity index is 600. The summed E-state index contributed by atoms with van der Waals surface area (Å²) in [6, 6.07) is 7.29. The molecule has 1 N–H and O–H groups in total. The van der Waals surface area contributed by atoms with Crippen molar-refractivity contribution in [1.82, 2.24) is 0 Å². The number of rotatable bonds is 18. The van der Waals surface area contributed by atoms with Gasteiger partial charge in [0, 0.05) is 12.2 Å². The van der Waals surface area contributed by atoms with Crippen molar-refractivity contribution in [3.63, 3.8) is 0 Å². The fourth-order valence-corrected chi connectivity index (χ4v) is 3.38. The first kappa shape index (κ1) is 27.0. The van der Waals surface area contributed by atoms with Crippen LogP contribution in [-0.4, -0.2) is 31.7 Å². The van der Waals surface area contributed by atoms with Gasteiger partial charge in [-0.25, -0.2) is 4.79 Å². The number of benzene rings is 1. The first-order chi connectivity index (χ1) is 15.1. The molecule has 0 aliphatic carbocycles. The minimum Gasteiger partial charge on any atom is -0.466 e. The highest BCUT2D eigenvalue weighted by Crippen LogP contribution is 2.13. The Morgan fingerprint density at radius 3 is 1.90 bits per heavy atom. The fraction of sp³-hybridized carbons (Fsp3) is 0.692. The predicted molar refractivity (Wildman–Crippen MR) is 127 cm³/mol. The summed E-state index contributed by atoms with van der Waals surface area (Å²) < 4.78 is 10.1. The molecule has 0 spiro atoms. The van der Waals surface area contributed by atoms with Crippen molar-refractivity contribution in [1.29, 1.82) is 0 Å². The second kappa shape index (κ2) is 17.6. The van der Waals surface area contributed by atoms with Gasteiger partial charge in [-0.2, -0.15) is 0 Å². The lowest BCUT2D eigenvalue weighted by Gasteiger charge is -2.11. The third kappa shape index (κ3) is 13.1. The number of nitrogens with one attached hydrogen (secondary N) is 1. The van der Waals surface area contributed by atoms with Crippen LogP contribution in [0.1, 0.15) is 102 Å². The summed E-state index contributed by atoms with van der Waals surface area (Å²) >= 11 is 0. The van der Waals surface area contributed by atoms with Crippen LogP contribution < -0.4 is 5.32 Å². The van der Waals surface area contributed by atoms with Gasteiger partial charge in [-0.1, -0.05) is 71.1 Å². The molecule has 0 radical (unpaired) electrons. The van der Waals surface area contributed by atoms with E-state index in [4.69, 9.17) is 9.47 Å². The summed E-state index contributed by atoms with van der Waals surface area (Å²) in [7, 11) is 0. The number of carbonyl (C=O) groups excluding carboxylic acids is 2. The summed E-state index contributed by atoms with van der Waals surface area (Å²) in [5.41, 5.74) is 1.49. The van der Waals surface area contributed by atoms with Crippen molar-refractivity contribution in [3.05, 3.63) is 29.8 Å². The molecule has 0 fully saturated rings. The molecule has 0 aliphatic rings. The molecule has 1 aromatic rings. The van der Waals surface area contributed by atoms with E-state index < -0.39 is 11.9 Å². The van der Waals surface area contributed by atoms with Gasteiger partial charge in [-0.3, -0.25) is 4.79 Å². The molecule has 0 aromatic heterocycles. The normalized spacial score (nSPS) is 11.7. The monoisotopic (exact) mass is 433 g/mol. The van der Waals surface area contributed by atoms with Crippen LogP contribution in [-0.2, 0) is 14.3 Å². The molecule has 1 atom stereocenters. The molecule has 176 valence electrons. The van der Waals surface area contributed by atoms with E-state index in [1.807, 2.05) is 12.1 Å². The number of hydrogen-bond donors (Lipinski definition) is 1. The number of anilines is 1. The highest BCUT2D eigenvalue weighted by Gasteiger charge is 2.17. The molecular weight excluding hydrogens is 390 g/mol. The molecule has 1 rings (SSSR count). The maximum atomic E-state index is 12.1. The number of esters is 2. The summed E-state index contributed by atoms with van der Waals surface area (Å²) in [6.07, 6.45) is 14.7. The molecule has 0 heterocycles. The van der Waals surface area contributed by atoms with Crippen molar-refractivity contribution in [3.8, 4) is 0 Å². The van der Waals surface area contributed by atoms with Crippen LogP contribution in [0.5, 0.6) is 0 Å². The minimum absolute atomic E-state index is 0.0243. The average Bonchev–Trinajstić information content (AvgIpc) is 2.78. The van der Waals surface area contributed by atoms with Crippen LogP contribution in [0.15, 0.2) is 24.3 Å². The van der Waals surface area contributed by atoms with Gasteiger partial charge >= 0.3 is 11.9 Å². The van der Waals surface area contributed by atoms with Crippen LogP contribution in [0, 0.1) is 5.92 Å². The molecule has 31 heavy (non-hydrogen) atoms. The summed E-state index contributed by atoms with van der Waals surface area (Å²) in [4.78, 5) is 23.7. The van der Waals surface area contributed by atoms with Gasteiger partial charge in [-0.05, 0) is 44.5 Å². The minimum atomic E-state index is -0.462. The second-order valence-corrected chi connectivity index (χ2v) is 8.29. The molecule has 0 saturated heterocycles. The molecule has 1 aromatic carbocycles. The van der Waals surface area contributed by atoms with E-state index in [0.717, 1.165) is 18.7 Å². The van der Waals surface area contributed by atoms with E-state index in [1.165, 1.54) is 64.2 Å². The quantitative estimate of drug-likeness (QED) is 0.204. The lowest BCUT2D eigenvalue weighted by Crippen LogP contribution is -2.21. The van der Waals surface area contributed by atoms with Crippen LogP contribution in [0.4, 0.5) is 5.69 Å². The van der Waals surface area contributed by atoms with E-state index in [2.05, 4.69) is 12.2 Å². The Kier molecular flexibility index (Phi) is 15.3. The Morgan fingerprint density at radius 2 is 1.35 bits per heavy atom. The van der Waals surface area contributed by atoms with Crippen molar-refractivity contribution < 1.29 is 19.1 Å². The highest BCUT2D eigenvalue weighted by atomic mass is 16.5. The summed E-state index contributed by atoms with van der Waals surface area (Å²) in [5.74, 6) is -1.24. The van der Waals surface area contributed by atoms with Gasteiger partial charge in [0.2, 0.25) is 0 Å². The Morgan fingerprint density at radius 1 is 0.806 bits per heavy atom. The van der Waals surface area contributed by atoms with Crippen LogP contribution in [0.2, 0.25) is 0 Å². The zero-order valence-corrected chi connectivity index (χ0v) is 19.9. The lowest BCUT2D eigenvalue weighted by atomic mass is 10.1. The van der Waals surface area contributed by atoms with Crippen molar-refractivity contribution >= 4 is 17.6 Å². The molecule has 5 nitrogen and oxygen atoms in total. The Balaban J connectivity index is 2.10. The zero-order chi connectivity index (χ0) is 22.7. The number of hydrogen-bond acceptors (Lipinski definition) is 5. The van der Waals surface area contributed by atoms with Gasteiger partial charge in [0.05, 0.1) is 18.1 Å². The smallest absolute Gasteiger partial charge is 0.338 e. The largest absolute Gasteiger partial charge is 0.466 e. The molecular formula is C26H43NO4. The van der Waals surface area contributed by atoms with Crippen molar-refractivity contribution in [2.75, 3.05) is 25.1 Å². The van der Waals surface area contributed by atoms with E-state index >= 15 is 0 Å². The topological polar surface area (TPSA) is 64.6 Å².